The fourth-order valence-corrected chi connectivity index (χ4v) is 1.71. The van der Waals surface area contributed by atoms with Gasteiger partial charge in [-0.1, -0.05) is 38.1 Å². The van der Waals surface area contributed by atoms with Crippen molar-refractivity contribution in [2.45, 2.75) is 33.4 Å². The molecule has 0 aliphatic carbocycles. The van der Waals surface area contributed by atoms with Gasteiger partial charge in [-0.3, -0.25) is 0 Å². The average Bonchev–Trinajstić information content (AvgIpc) is 2.40. The van der Waals surface area contributed by atoms with Gasteiger partial charge in [-0.15, -0.1) is 0 Å². The smallest absolute Gasteiger partial charge is 0.219 e. The van der Waals surface area contributed by atoms with Crippen molar-refractivity contribution in [2.24, 2.45) is 0 Å². The van der Waals surface area contributed by atoms with E-state index in [1.54, 1.807) is 0 Å². The summed E-state index contributed by atoms with van der Waals surface area (Å²) in [4.78, 5) is 4.50. The summed E-state index contributed by atoms with van der Waals surface area (Å²) in [5, 5.41) is 3.35. The predicted molar refractivity (Wildman–Crippen MR) is 77.5 cm³/mol. The van der Waals surface area contributed by atoms with E-state index in [0.29, 0.717) is 11.9 Å². The minimum Gasteiger partial charge on any atom is -0.439 e. The molecular weight excluding hydrogens is 236 g/mol. The largest absolute Gasteiger partial charge is 0.439 e. The summed E-state index contributed by atoms with van der Waals surface area (Å²) in [6.07, 6.45) is 0. The molecule has 2 rings (SSSR count). The molecule has 1 aromatic carbocycles. The molecule has 0 amide bonds. The third-order valence-electron chi connectivity index (χ3n) is 2.78. The highest BCUT2D eigenvalue weighted by atomic mass is 16.5. The number of ether oxygens (including phenoxy) is 1. The highest BCUT2D eigenvalue weighted by molar-refractivity contribution is 5.35. The highest BCUT2D eigenvalue weighted by Crippen LogP contribution is 2.22. The Labute approximate surface area is 114 Å². The molecule has 100 valence electrons. The molecule has 3 heteroatoms. The van der Waals surface area contributed by atoms with Gasteiger partial charge >= 0.3 is 0 Å². The molecule has 0 atom stereocenters. The summed E-state index contributed by atoms with van der Waals surface area (Å²) in [7, 11) is 0. The van der Waals surface area contributed by atoms with Crippen molar-refractivity contribution >= 4 is 0 Å². The highest BCUT2D eigenvalue weighted by Gasteiger charge is 2.03. The molecule has 0 aliphatic rings. The predicted octanol–water partition coefficient (Wildman–Crippen LogP) is 3.68. The van der Waals surface area contributed by atoms with Gasteiger partial charge in [-0.25, -0.2) is 4.98 Å². The Bertz CT molecular complexity index is 538. The van der Waals surface area contributed by atoms with Gasteiger partial charge in [-0.05, 0) is 24.6 Å². The molecule has 0 radical (unpaired) electrons. The van der Waals surface area contributed by atoms with Gasteiger partial charge in [0.2, 0.25) is 5.88 Å². The molecule has 1 aromatic heterocycles. The van der Waals surface area contributed by atoms with Crippen LogP contribution in [-0.2, 0) is 6.54 Å². The van der Waals surface area contributed by atoms with Crippen LogP contribution in [0.25, 0.3) is 0 Å². The van der Waals surface area contributed by atoms with E-state index in [-0.39, 0.29) is 0 Å². The molecule has 0 fully saturated rings. The standard InChI is InChI=1S/C16H20N2O/c1-12(2)17-11-14-8-6-10-16(18-14)19-15-9-5-4-7-13(15)3/h4-10,12,17H,11H2,1-3H3. The fourth-order valence-electron chi connectivity index (χ4n) is 1.71. The summed E-state index contributed by atoms with van der Waals surface area (Å²) in [5.74, 6) is 1.49. The van der Waals surface area contributed by atoms with E-state index < -0.39 is 0 Å². The lowest BCUT2D eigenvalue weighted by Gasteiger charge is -2.10. The number of benzene rings is 1. The summed E-state index contributed by atoms with van der Waals surface area (Å²) >= 11 is 0. The Morgan fingerprint density at radius 3 is 2.63 bits per heavy atom. The van der Waals surface area contributed by atoms with E-state index in [4.69, 9.17) is 4.74 Å². The quantitative estimate of drug-likeness (QED) is 0.886. The second kappa shape index (κ2) is 6.34. The maximum Gasteiger partial charge on any atom is 0.219 e. The molecule has 1 N–H and O–H groups in total. The molecule has 19 heavy (non-hydrogen) atoms. The van der Waals surface area contributed by atoms with Gasteiger partial charge in [0.25, 0.3) is 0 Å². The lowest BCUT2D eigenvalue weighted by molar-refractivity contribution is 0.455. The molecule has 3 nitrogen and oxygen atoms in total. The van der Waals surface area contributed by atoms with Crippen LogP contribution in [0.1, 0.15) is 25.1 Å². The Balaban J connectivity index is 2.09. The van der Waals surface area contributed by atoms with Crippen molar-refractivity contribution in [1.29, 1.82) is 0 Å². The molecular formula is C16H20N2O. The van der Waals surface area contributed by atoms with Crippen LogP contribution in [0.2, 0.25) is 0 Å². The second-order valence-corrected chi connectivity index (χ2v) is 4.87. The van der Waals surface area contributed by atoms with Gasteiger partial charge in [0.15, 0.2) is 0 Å². The van der Waals surface area contributed by atoms with Crippen LogP contribution in [-0.4, -0.2) is 11.0 Å². The van der Waals surface area contributed by atoms with E-state index in [9.17, 15) is 0 Å². The van der Waals surface area contributed by atoms with Crippen molar-refractivity contribution in [2.75, 3.05) is 0 Å². The monoisotopic (exact) mass is 256 g/mol. The van der Waals surface area contributed by atoms with Crippen molar-refractivity contribution in [3.05, 3.63) is 53.7 Å². The normalized spacial score (nSPS) is 10.7. The number of aryl methyl sites for hydroxylation is 1. The third kappa shape index (κ3) is 4.07. The molecule has 2 aromatic rings. The van der Waals surface area contributed by atoms with Crippen molar-refractivity contribution in [1.82, 2.24) is 10.3 Å². The third-order valence-corrected chi connectivity index (χ3v) is 2.78. The van der Waals surface area contributed by atoms with Crippen molar-refractivity contribution < 1.29 is 4.74 Å². The number of hydrogen-bond acceptors (Lipinski definition) is 3. The van der Waals surface area contributed by atoms with Crippen LogP contribution >= 0.6 is 0 Å². The number of nitrogens with one attached hydrogen (secondary N) is 1. The summed E-state index contributed by atoms with van der Waals surface area (Å²) in [5.41, 5.74) is 2.09. The molecule has 0 saturated heterocycles. The average molecular weight is 256 g/mol. The van der Waals surface area contributed by atoms with Gasteiger partial charge in [0.1, 0.15) is 5.75 Å². The SMILES string of the molecule is Cc1ccccc1Oc1cccc(CNC(C)C)n1. The number of nitrogens with zero attached hydrogens (tertiary/aromatic N) is 1. The van der Waals surface area contributed by atoms with Crippen LogP contribution in [0.4, 0.5) is 0 Å². The second-order valence-electron chi connectivity index (χ2n) is 4.87. The first-order valence-corrected chi connectivity index (χ1v) is 6.58. The number of rotatable bonds is 5. The number of para-hydroxylation sites is 1. The first kappa shape index (κ1) is 13.6. The molecule has 0 spiro atoms. The Kier molecular flexibility index (Phi) is 4.53. The zero-order chi connectivity index (χ0) is 13.7. The minimum atomic E-state index is 0.447. The van der Waals surface area contributed by atoms with E-state index in [1.165, 1.54) is 0 Å². The summed E-state index contributed by atoms with van der Waals surface area (Å²) < 4.78 is 5.82. The summed E-state index contributed by atoms with van der Waals surface area (Å²) in [6.45, 7) is 7.02. The Morgan fingerprint density at radius 1 is 1.11 bits per heavy atom. The molecule has 0 aliphatic heterocycles. The lowest BCUT2D eigenvalue weighted by Crippen LogP contribution is -2.22. The topological polar surface area (TPSA) is 34.1 Å². The van der Waals surface area contributed by atoms with Gasteiger partial charge in [0, 0.05) is 18.7 Å². The fraction of sp³-hybridized carbons (Fsp3) is 0.312. The first-order chi connectivity index (χ1) is 9.15. The first-order valence-electron chi connectivity index (χ1n) is 6.58. The molecule has 0 saturated carbocycles. The van der Waals surface area contributed by atoms with Gasteiger partial charge < -0.3 is 10.1 Å². The number of aromatic nitrogens is 1. The van der Waals surface area contributed by atoms with Crippen LogP contribution in [0.15, 0.2) is 42.5 Å². The minimum absolute atomic E-state index is 0.447. The van der Waals surface area contributed by atoms with E-state index in [2.05, 4.69) is 24.1 Å². The van der Waals surface area contributed by atoms with E-state index in [0.717, 1.165) is 23.6 Å². The Hall–Kier alpha value is -1.87. The molecule has 1 heterocycles. The maximum absolute atomic E-state index is 5.82. The van der Waals surface area contributed by atoms with Crippen LogP contribution in [0.3, 0.4) is 0 Å². The van der Waals surface area contributed by atoms with Crippen molar-refractivity contribution in [3.63, 3.8) is 0 Å². The number of hydrogen-bond donors (Lipinski definition) is 1. The van der Waals surface area contributed by atoms with E-state index >= 15 is 0 Å². The zero-order valence-electron chi connectivity index (χ0n) is 11.7. The van der Waals surface area contributed by atoms with Gasteiger partial charge in [0.05, 0.1) is 5.69 Å². The zero-order valence-corrected chi connectivity index (χ0v) is 11.7. The molecule has 0 bridgehead atoms. The summed E-state index contributed by atoms with van der Waals surface area (Å²) in [6, 6.07) is 14.2. The maximum atomic E-state index is 5.82. The van der Waals surface area contributed by atoms with E-state index in [1.807, 2.05) is 49.4 Å². The van der Waals surface area contributed by atoms with Crippen LogP contribution in [0.5, 0.6) is 11.6 Å². The van der Waals surface area contributed by atoms with Crippen LogP contribution < -0.4 is 10.1 Å². The van der Waals surface area contributed by atoms with Gasteiger partial charge in [-0.2, -0.15) is 0 Å². The Morgan fingerprint density at radius 2 is 1.89 bits per heavy atom. The lowest BCUT2D eigenvalue weighted by atomic mass is 10.2. The molecule has 0 unspecified atom stereocenters. The number of pyridine rings is 1. The van der Waals surface area contributed by atoms with Crippen LogP contribution in [0, 0.1) is 6.92 Å². The van der Waals surface area contributed by atoms with Crippen molar-refractivity contribution in [3.8, 4) is 11.6 Å².